The number of allylic oxidation sites excluding steroid dienone is 2. The predicted molar refractivity (Wildman–Crippen MR) is 65.0 cm³/mol. The van der Waals surface area contributed by atoms with Crippen LogP contribution in [0.4, 0.5) is 23.2 Å². The van der Waals surface area contributed by atoms with Gasteiger partial charge >= 0.3 is 6.18 Å². The summed E-state index contributed by atoms with van der Waals surface area (Å²) in [5.74, 6) is -1.16. The molecule has 0 bridgehead atoms. The monoisotopic (exact) mass is 286 g/mol. The average molecular weight is 286 g/mol. The molecule has 7 heteroatoms. The third-order valence-electron chi connectivity index (χ3n) is 2.82. The molecule has 1 fully saturated rings. The molecular weight excluding hydrogens is 276 g/mol. The van der Waals surface area contributed by atoms with E-state index in [0.717, 1.165) is 12.1 Å². The highest BCUT2D eigenvalue weighted by molar-refractivity contribution is 6.28. The van der Waals surface area contributed by atoms with Crippen molar-refractivity contribution in [3.8, 4) is 0 Å². The lowest BCUT2D eigenvalue weighted by molar-refractivity contribution is -0.116. The van der Waals surface area contributed by atoms with Gasteiger partial charge in [-0.3, -0.25) is 9.79 Å². The van der Waals surface area contributed by atoms with Crippen LogP contribution in [0.5, 0.6) is 0 Å². The van der Waals surface area contributed by atoms with Crippen molar-refractivity contribution in [3.63, 3.8) is 0 Å². The lowest BCUT2D eigenvalue weighted by atomic mass is 10.1. The Morgan fingerprint density at radius 3 is 2.30 bits per heavy atom. The van der Waals surface area contributed by atoms with E-state index in [4.69, 9.17) is 5.73 Å². The fourth-order valence-electron chi connectivity index (χ4n) is 1.87. The number of rotatable bonds is 1. The molecule has 20 heavy (non-hydrogen) atoms. The minimum atomic E-state index is -4.78. The number of ketones is 1. The topological polar surface area (TPSA) is 55.5 Å². The molecule has 2 N–H and O–H groups in total. The van der Waals surface area contributed by atoms with Gasteiger partial charge in [0.15, 0.2) is 5.78 Å². The van der Waals surface area contributed by atoms with Gasteiger partial charge in [-0.2, -0.15) is 13.2 Å². The Kier molecular flexibility index (Phi) is 3.61. The van der Waals surface area contributed by atoms with Crippen LogP contribution in [-0.4, -0.2) is 17.7 Å². The standard InChI is InChI=1S/C13H10F4N2O/c14-7-1-3-8(4-2-7)19-9-5-6-10(20)11(9)12(18)13(15,16)17/h1-4H,5-6,18H2/b12-11+,19-9?. The smallest absolute Gasteiger partial charge is 0.394 e. The average Bonchev–Trinajstić information content (AvgIpc) is 2.71. The number of nitrogens with two attached hydrogens (primary N) is 1. The first-order chi connectivity index (χ1) is 9.29. The van der Waals surface area contributed by atoms with E-state index in [9.17, 15) is 22.4 Å². The van der Waals surface area contributed by atoms with Crippen molar-refractivity contribution in [2.24, 2.45) is 10.7 Å². The van der Waals surface area contributed by atoms with Gasteiger partial charge < -0.3 is 5.73 Å². The zero-order chi connectivity index (χ0) is 14.9. The van der Waals surface area contributed by atoms with Gasteiger partial charge in [-0.25, -0.2) is 4.39 Å². The normalized spacial score (nSPS) is 20.6. The van der Waals surface area contributed by atoms with Crippen LogP contribution < -0.4 is 5.73 Å². The Morgan fingerprint density at radius 1 is 1.15 bits per heavy atom. The van der Waals surface area contributed by atoms with Gasteiger partial charge in [0.1, 0.15) is 11.5 Å². The number of aliphatic imine (C=N–C) groups is 1. The lowest BCUT2D eigenvalue weighted by Crippen LogP contribution is -2.25. The van der Waals surface area contributed by atoms with Crippen LogP contribution in [0.3, 0.4) is 0 Å². The summed E-state index contributed by atoms with van der Waals surface area (Å²) in [6.07, 6.45) is -4.76. The molecule has 0 aromatic heterocycles. The van der Waals surface area contributed by atoms with E-state index in [1.807, 2.05) is 0 Å². The maximum absolute atomic E-state index is 12.7. The zero-order valence-corrected chi connectivity index (χ0v) is 10.2. The lowest BCUT2D eigenvalue weighted by Gasteiger charge is -2.10. The maximum atomic E-state index is 12.7. The fourth-order valence-corrected chi connectivity index (χ4v) is 1.87. The van der Waals surface area contributed by atoms with E-state index in [0.29, 0.717) is 0 Å². The highest BCUT2D eigenvalue weighted by Crippen LogP contribution is 2.31. The largest absolute Gasteiger partial charge is 0.431 e. The highest BCUT2D eigenvalue weighted by Gasteiger charge is 2.39. The maximum Gasteiger partial charge on any atom is 0.431 e. The van der Waals surface area contributed by atoms with Crippen LogP contribution in [-0.2, 0) is 4.79 Å². The third kappa shape index (κ3) is 2.87. The zero-order valence-electron chi connectivity index (χ0n) is 10.2. The molecular formula is C13H10F4N2O. The number of hydrogen-bond acceptors (Lipinski definition) is 3. The molecule has 3 nitrogen and oxygen atoms in total. The van der Waals surface area contributed by atoms with E-state index in [1.165, 1.54) is 12.1 Å². The number of hydrogen-bond donors (Lipinski definition) is 1. The van der Waals surface area contributed by atoms with Crippen molar-refractivity contribution in [1.82, 2.24) is 0 Å². The molecule has 106 valence electrons. The van der Waals surface area contributed by atoms with Gasteiger partial charge in [0.05, 0.1) is 17.0 Å². The van der Waals surface area contributed by atoms with Crippen molar-refractivity contribution in [2.75, 3.05) is 0 Å². The molecule has 1 aliphatic carbocycles. The van der Waals surface area contributed by atoms with E-state index < -0.39 is 29.0 Å². The van der Waals surface area contributed by atoms with Crippen LogP contribution in [0.25, 0.3) is 0 Å². The molecule has 1 saturated carbocycles. The first-order valence-electron chi connectivity index (χ1n) is 5.72. The molecule has 0 spiro atoms. The minimum absolute atomic E-state index is 0.0172. The first kappa shape index (κ1) is 14.2. The molecule has 1 aromatic rings. The summed E-state index contributed by atoms with van der Waals surface area (Å²) in [6, 6.07) is 4.89. The molecule has 0 radical (unpaired) electrons. The molecule has 2 rings (SSSR count). The van der Waals surface area contributed by atoms with Gasteiger partial charge in [-0.05, 0) is 30.7 Å². The molecule has 0 saturated heterocycles. The van der Waals surface area contributed by atoms with Gasteiger partial charge in [0.25, 0.3) is 0 Å². The Morgan fingerprint density at radius 2 is 1.75 bits per heavy atom. The second-order valence-electron chi connectivity index (χ2n) is 4.24. The van der Waals surface area contributed by atoms with Crippen LogP contribution in [0.1, 0.15) is 12.8 Å². The second kappa shape index (κ2) is 5.07. The van der Waals surface area contributed by atoms with Gasteiger partial charge in [-0.1, -0.05) is 0 Å². The summed E-state index contributed by atoms with van der Waals surface area (Å²) < 4.78 is 50.5. The number of Topliss-reactive ketones (excluding diaryl/α,β-unsaturated/α-hetero) is 1. The Bertz CT molecular complexity index is 600. The molecule has 1 aromatic carbocycles. The number of carbonyl (C=O) groups is 1. The quantitative estimate of drug-likeness (QED) is 0.637. The van der Waals surface area contributed by atoms with E-state index in [-0.39, 0.29) is 24.2 Å². The number of benzene rings is 1. The van der Waals surface area contributed by atoms with E-state index >= 15 is 0 Å². The third-order valence-corrected chi connectivity index (χ3v) is 2.82. The van der Waals surface area contributed by atoms with Crippen molar-refractivity contribution >= 4 is 17.2 Å². The number of halogens is 4. The SMILES string of the molecule is N/C(=C1/C(=O)CCC1=Nc1ccc(F)cc1)C(F)(F)F. The van der Waals surface area contributed by atoms with Crippen LogP contribution in [0.2, 0.25) is 0 Å². The van der Waals surface area contributed by atoms with Crippen molar-refractivity contribution < 1.29 is 22.4 Å². The van der Waals surface area contributed by atoms with Crippen LogP contribution in [0.15, 0.2) is 40.5 Å². The minimum Gasteiger partial charge on any atom is -0.394 e. The molecule has 0 aliphatic heterocycles. The number of carbonyl (C=O) groups excluding carboxylic acids is 1. The van der Waals surface area contributed by atoms with Crippen molar-refractivity contribution in [1.29, 1.82) is 0 Å². The molecule has 0 atom stereocenters. The number of nitrogens with zero attached hydrogens (tertiary/aromatic N) is 1. The van der Waals surface area contributed by atoms with E-state index in [1.54, 1.807) is 0 Å². The summed E-state index contributed by atoms with van der Waals surface area (Å²) in [7, 11) is 0. The highest BCUT2D eigenvalue weighted by atomic mass is 19.4. The van der Waals surface area contributed by atoms with Crippen molar-refractivity contribution in [3.05, 3.63) is 41.4 Å². The Labute approximate surface area is 111 Å². The van der Waals surface area contributed by atoms with Gasteiger partial charge in [0, 0.05) is 6.42 Å². The predicted octanol–water partition coefficient (Wildman–Crippen LogP) is 3.04. The summed E-state index contributed by atoms with van der Waals surface area (Å²) >= 11 is 0. The van der Waals surface area contributed by atoms with Gasteiger partial charge in [0.2, 0.25) is 0 Å². The summed E-state index contributed by atoms with van der Waals surface area (Å²) in [4.78, 5) is 15.5. The molecule has 0 amide bonds. The second-order valence-corrected chi connectivity index (χ2v) is 4.24. The number of alkyl halides is 3. The summed E-state index contributed by atoms with van der Waals surface area (Å²) in [6.45, 7) is 0. The Hall–Kier alpha value is -2.18. The van der Waals surface area contributed by atoms with Gasteiger partial charge in [-0.15, -0.1) is 0 Å². The molecule has 0 unspecified atom stereocenters. The molecule has 0 heterocycles. The first-order valence-corrected chi connectivity index (χ1v) is 5.72. The van der Waals surface area contributed by atoms with Crippen molar-refractivity contribution in [2.45, 2.75) is 19.0 Å². The fraction of sp³-hybridized carbons (Fsp3) is 0.231. The summed E-state index contributed by atoms with van der Waals surface area (Å²) in [5.41, 5.74) is 3.25. The van der Waals surface area contributed by atoms with Crippen LogP contribution in [0, 0.1) is 5.82 Å². The summed E-state index contributed by atoms with van der Waals surface area (Å²) in [5, 5.41) is 0. The van der Waals surface area contributed by atoms with Crippen LogP contribution >= 0.6 is 0 Å². The molecule has 1 aliphatic rings. The van der Waals surface area contributed by atoms with E-state index in [2.05, 4.69) is 4.99 Å². The Balaban J connectivity index is 2.46.